The lowest BCUT2D eigenvalue weighted by Gasteiger charge is -2.18. The average Bonchev–Trinajstić information content (AvgIpc) is 2.60. The number of benzene rings is 1. The molecule has 0 saturated carbocycles. The highest BCUT2D eigenvalue weighted by Crippen LogP contribution is 2.33. The van der Waals surface area contributed by atoms with Crippen molar-refractivity contribution in [3.05, 3.63) is 29.6 Å². The first-order chi connectivity index (χ1) is 9.22. The lowest BCUT2D eigenvalue weighted by molar-refractivity contribution is -0.122. The van der Waals surface area contributed by atoms with Gasteiger partial charge in [0.25, 0.3) is 0 Å². The molecule has 0 fully saturated rings. The Morgan fingerprint density at radius 3 is 3.21 bits per heavy atom. The maximum absolute atomic E-state index is 13.7. The van der Waals surface area contributed by atoms with Crippen LogP contribution >= 0.6 is 0 Å². The first-order valence-electron chi connectivity index (χ1n) is 6.42. The average molecular weight is 267 g/mol. The molecule has 1 N–H and O–H groups in total. The monoisotopic (exact) mass is 267 g/mol. The summed E-state index contributed by atoms with van der Waals surface area (Å²) in [6.07, 6.45) is 1.83. The van der Waals surface area contributed by atoms with Gasteiger partial charge in [-0.1, -0.05) is 12.1 Å². The molecule has 1 heterocycles. The molecule has 1 aliphatic heterocycles. The van der Waals surface area contributed by atoms with Crippen molar-refractivity contribution in [1.82, 2.24) is 5.32 Å². The molecule has 1 aromatic carbocycles. The van der Waals surface area contributed by atoms with Crippen LogP contribution < -0.4 is 10.1 Å². The minimum absolute atomic E-state index is 0.0936. The fourth-order valence-electron chi connectivity index (χ4n) is 2.18. The van der Waals surface area contributed by atoms with Gasteiger partial charge in [-0.05, 0) is 18.9 Å². The van der Waals surface area contributed by atoms with E-state index >= 15 is 0 Å². The van der Waals surface area contributed by atoms with Gasteiger partial charge in [-0.2, -0.15) is 0 Å². The number of amides is 1. The number of nitrogens with one attached hydrogen (secondary N) is 1. The molecular weight excluding hydrogens is 249 g/mol. The molecule has 4 nitrogen and oxygen atoms in total. The highest BCUT2D eigenvalue weighted by molar-refractivity contribution is 5.76. The van der Waals surface area contributed by atoms with E-state index in [1.807, 2.05) is 0 Å². The van der Waals surface area contributed by atoms with E-state index in [4.69, 9.17) is 9.47 Å². The summed E-state index contributed by atoms with van der Waals surface area (Å²) in [5.74, 6) is -0.212. The number of halogens is 1. The molecule has 2 rings (SSSR count). The molecule has 0 bridgehead atoms. The van der Waals surface area contributed by atoms with Crippen LogP contribution in [0.5, 0.6) is 5.75 Å². The van der Waals surface area contributed by atoms with Gasteiger partial charge in [0.1, 0.15) is 0 Å². The van der Waals surface area contributed by atoms with Gasteiger partial charge in [0.2, 0.25) is 5.91 Å². The molecule has 0 spiro atoms. The molecule has 1 atom stereocenters. The zero-order valence-electron chi connectivity index (χ0n) is 10.9. The van der Waals surface area contributed by atoms with E-state index in [0.29, 0.717) is 25.2 Å². The van der Waals surface area contributed by atoms with Gasteiger partial charge in [0.05, 0.1) is 19.3 Å². The van der Waals surface area contributed by atoms with Crippen LogP contribution in [0.2, 0.25) is 0 Å². The third kappa shape index (κ3) is 3.44. The third-order valence-electron chi connectivity index (χ3n) is 3.12. The van der Waals surface area contributed by atoms with E-state index in [9.17, 15) is 9.18 Å². The number of carbonyl (C=O) groups excluding carboxylic acids is 1. The van der Waals surface area contributed by atoms with Crippen molar-refractivity contribution in [3.63, 3.8) is 0 Å². The second kappa shape index (κ2) is 6.52. The number of hydrogen-bond donors (Lipinski definition) is 1. The Hall–Kier alpha value is -1.62. The molecule has 1 unspecified atom stereocenters. The van der Waals surface area contributed by atoms with Crippen molar-refractivity contribution < 1.29 is 18.7 Å². The van der Waals surface area contributed by atoms with Crippen molar-refractivity contribution in [2.75, 3.05) is 20.3 Å². The molecule has 19 heavy (non-hydrogen) atoms. The standard InChI is InChI=1S/C14H18FNO3/c1-18-9-7-13(17)16-12-6-3-8-19-14-10(12)4-2-5-11(14)15/h2,4-5,12H,3,6-9H2,1H3,(H,16,17). The maximum atomic E-state index is 13.7. The van der Waals surface area contributed by atoms with Crippen molar-refractivity contribution in [2.24, 2.45) is 0 Å². The van der Waals surface area contributed by atoms with Gasteiger partial charge >= 0.3 is 0 Å². The Bertz CT molecular complexity index is 450. The normalized spacial score (nSPS) is 18.1. The van der Waals surface area contributed by atoms with Gasteiger partial charge in [-0.3, -0.25) is 4.79 Å². The fraction of sp³-hybridized carbons (Fsp3) is 0.500. The zero-order valence-corrected chi connectivity index (χ0v) is 10.9. The molecule has 0 saturated heterocycles. The van der Waals surface area contributed by atoms with Crippen molar-refractivity contribution in [2.45, 2.75) is 25.3 Å². The molecule has 104 valence electrons. The van der Waals surface area contributed by atoms with Crippen molar-refractivity contribution in [1.29, 1.82) is 0 Å². The summed E-state index contributed by atoms with van der Waals surface area (Å²) in [4.78, 5) is 11.8. The van der Waals surface area contributed by atoms with Gasteiger partial charge in [0.15, 0.2) is 11.6 Å². The summed E-state index contributed by atoms with van der Waals surface area (Å²) >= 11 is 0. The molecule has 0 aromatic heterocycles. The van der Waals surface area contributed by atoms with Crippen LogP contribution in [0.25, 0.3) is 0 Å². The summed E-state index contributed by atoms with van der Waals surface area (Å²) in [5, 5.41) is 2.91. The number of rotatable bonds is 4. The highest BCUT2D eigenvalue weighted by Gasteiger charge is 2.23. The number of ether oxygens (including phenoxy) is 2. The zero-order chi connectivity index (χ0) is 13.7. The van der Waals surface area contributed by atoms with E-state index in [2.05, 4.69) is 5.32 Å². The van der Waals surface area contributed by atoms with Gasteiger partial charge in [-0.25, -0.2) is 4.39 Å². The number of methoxy groups -OCH3 is 1. The summed E-state index contributed by atoms with van der Waals surface area (Å²) in [7, 11) is 1.55. The van der Waals surface area contributed by atoms with Gasteiger partial charge in [0, 0.05) is 19.1 Å². The Labute approximate surface area is 111 Å². The molecule has 0 aliphatic carbocycles. The lowest BCUT2D eigenvalue weighted by atomic mass is 10.0. The summed E-state index contributed by atoms with van der Waals surface area (Å²) in [6, 6.07) is 4.60. The Morgan fingerprint density at radius 2 is 2.42 bits per heavy atom. The third-order valence-corrected chi connectivity index (χ3v) is 3.12. The van der Waals surface area contributed by atoms with Gasteiger partial charge < -0.3 is 14.8 Å². The first kappa shape index (κ1) is 13.8. The first-order valence-corrected chi connectivity index (χ1v) is 6.42. The van der Waals surface area contributed by atoms with E-state index in [1.165, 1.54) is 6.07 Å². The minimum Gasteiger partial charge on any atom is -0.490 e. The van der Waals surface area contributed by atoms with Crippen molar-refractivity contribution >= 4 is 5.91 Å². The van der Waals surface area contributed by atoms with Crippen LogP contribution in [0, 0.1) is 5.82 Å². The highest BCUT2D eigenvalue weighted by atomic mass is 19.1. The van der Waals surface area contributed by atoms with E-state index in [1.54, 1.807) is 19.2 Å². The molecular formula is C14H18FNO3. The molecule has 1 amide bonds. The van der Waals surface area contributed by atoms with Crippen molar-refractivity contribution in [3.8, 4) is 5.75 Å². The second-order valence-electron chi connectivity index (χ2n) is 4.51. The number of para-hydroxylation sites is 1. The summed E-state index contributed by atoms with van der Waals surface area (Å²) in [5.41, 5.74) is 0.711. The maximum Gasteiger partial charge on any atom is 0.222 e. The Balaban J connectivity index is 2.13. The van der Waals surface area contributed by atoms with E-state index < -0.39 is 0 Å². The minimum atomic E-state index is -0.379. The van der Waals surface area contributed by atoms with Crippen LogP contribution in [0.15, 0.2) is 18.2 Å². The lowest BCUT2D eigenvalue weighted by Crippen LogP contribution is -2.29. The Morgan fingerprint density at radius 1 is 1.58 bits per heavy atom. The van der Waals surface area contributed by atoms with Crippen LogP contribution in [0.1, 0.15) is 30.9 Å². The second-order valence-corrected chi connectivity index (χ2v) is 4.51. The largest absolute Gasteiger partial charge is 0.490 e. The number of fused-ring (bicyclic) bond motifs is 1. The molecule has 5 heteroatoms. The number of hydrogen-bond acceptors (Lipinski definition) is 3. The topological polar surface area (TPSA) is 47.6 Å². The van der Waals surface area contributed by atoms with Gasteiger partial charge in [-0.15, -0.1) is 0 Å². The summed E-state index contributed by atoms with van der Waals surface area (Å²) < 4.78 is 24.0. The predicted octanol–water partition coefficient (Wildman–Crippen LogP) is 2.19. The smallest absolute Gasteiger partial charge is 0.222 e. The van der Waals surface area contributed by atoms with Crippen LogP contribution in [0.4, 0.5) is 4.39 Å². The predicted molar refractivity (Wildman–Crippen MR) is 68.5 cm³/mol. The van der Waals surface area contributed by atoms with E-state index in [0.717, 1.165) is 12.8 Å². The Kier molecular flexibility index (Phi) is 4.74. The van der Waals surface area contributed by atoms with E-state index in [-0.39, 0.29) is 23.5 Å². The van der Waals surface area contributed by atoms with Crippen LogP contribution in [0.3, 0.4) is 0 Å². The van der Waals surface area contributed by atoms with Crippen LogP contribution in [-0.2, 0) is 9.53 Å². The molecule has 0 radical (unpaired) electrons. The number of carbonyl (C=O) groups is 1. The van der Waals surface area contributed by atoms with Crippen LogP contribution in [-0.4, -0.2) is 26.2 Å². The SMILES string of the molecule is COCCC(=O)NC1CCCOc2c(F)cccc21. The fourth-order valence-corrected chi connectivity index (χ4v) is 2.18. The summed E-state index contributed by atoms with van der Waals surface area (Å²) in [6.45, 7) is 0.851. The molecule has 1 aromatic rings. The quantitative estimate of drug-likeness (QED) is 0.909. The molecule has 1 aliphatic rings.